The maximum absolute atomic E-state index is 7.08. The van der Waals surface area contributed by atoms with Crippen LogP contribution >= 0.6 is 0 Å². The minimum Gasteiger partial charge on any atom is -0.439 e. The molecule has 0 aliphatic rings. The first-order valence-electron chi connectivity index (χ1n) is 21.7. The summed E-state index contributed by atoms with van der Waals surface area (Å²) >= 11 is 0. The Morgan fingerprint density at radius 3 is 1.02 bits per heavy atom. The lowest BCUT2D eigenvalue weighted by atomic mass is 10.4. The molecular formula is C42H86O11Si11. The Morgan fingerprint density at radius 1 is 0.406 bits per heavy atom. The maximum atomic E-state index is 7.08. The van der Waals surface area contributed by atoms with Crippen LogP contribution in [0.4, 0.5) is 0 Å². The molecule has 0 radical (unpaired) electrons. The predicted molar refractivity (Wildman–Crippen MR) is 298 cm³/mol. The molecule has 0 amide bonds. The van der Waals surface area contributed by atoms with Crippen molar-refractivity contribution in [3.63, 3.8) is 0 Å². The zero-order valence-electron chi connectivity index (χ0n) is 42.0. The standard InChI is InChI=1S/C22H34O3Si4.C12H26O3Si4.C7H22O5Si3.CH4/c1-9-26(3,4)23-28(7,8)25-29(24-27(5,6)10-2,21-17-13-11-14-18-21)22-19-15-12-16-20-22;1-16(2)13-19(14-17(3)4,15-18(5)6)12-10-8-7-9-11-12;1-8-15(9-2,10-3)12-14(6,7)11-13(4)5;/h9-20H,1-2H2,3-8H3;7-11,16-18H,1-6H3;13H,1-7H3;1H4. The summed E-state index contributed by atoms with van der Waals surface area (Å²) in [7, 11) is -17.9. The monoisotopic (exact) mass is 1070 g/mol. The molecule has 0 spiro atoms. The molecule has 0 aliphatic carbocycles. The van der Waals surface area contributed by atoms with E-state index >= 15 is 0 Å². The van der Waals surface area contributed by atoms with E-state index in [0.717, 1.165) is 15.6 Å². The van der Waals surface area contributed by atoms with Crippen LogP contribution in [0.1, 0.15) is 7.43 Å². The van der Waals surface area contributed by atoms with Crippen molar-refractivity contribution in [2.75, 3.05) is 21.3 Å². The van der Waals surface area contributed by atoms with E-state index in [1.807, 2.05) is 79.1 Å². The molecule has 3 aromatic rings. The van der Waals surface area contributed by atoms with Gasteiger partial charge < -0.3 is 46.2 Å². The smallest absolute Gasteiger partial charge is 0.439 e. The largest absolute Gasteiger partial charge is 0.669 e. The highest BCUT2D eigenvalue weighted by molar-refractivity contribution is 7.03. The third kappa shape index (κ3) is 22.0. The molecule has 22 heteroatoms. The highest BCUT2D eigenvalue weighted by atomic mass is 28.5. The van der Waals surface area contributed by atoms with E-state index in [1.54, 1.807) is 0 Å². The first-order chi connectivity index (χ1) is 29.1. The van der Waals surface area contributed by atoms with Gasteiger partial charge in [-0.25, -0.2) is 0 Å². The van der Waals surface area contributed by atoms with Crippen LogP contribution in [0.3, 0.4) is 0 Å². The minimum absolute atomic E-state index is 0. The van der Waals surface area contributed by atoms with Gasteiger partial charge in [0, 0.05) is 26.5 Å². The Morgan fingerprint density at radius 2 is 0.719 bits per heavy atom. The van der Waals surface area contributed by atoms with Gasteiger partial charge in [-0.2, -0.15) is 0 Å². The van der Waals surface area contributed by atoms with E-state index in [9.17, 15) is 0 Å². The zero-order valence-corrected chi connectivity index (χ0v) is 53.6. The molecule has 0 fully saturated rings. The fourth-order valence-electron chi connectivity index (χ4n) is 6.32. The van der Waals surface area contributed by atoms with Gasteiger partial charge in [-0.3, -0.25) is 0 Å². The lowest BCUT2D eigenvalue weighted by Crippen LogP contribution is -2.71. The Bertz CT molecular complexity index is 1660. The molecule has 0 saturated heterocycles. The average molecular weight is 1080 g/mol. The first-order valence-corrected chi connectivity index (χ1v) is 49.6. The summed E-state index contributed by atoms with van der Waals surface area (Å²) in [6.45, 7) is 42.1. The molecule has 0 atom stereocenters. The Balaban J connectivity index is 0.000000986. The van der Waals surface area contributed by atoms with Gasteiger partial charge in [0.2, 0.25) is 8.32 Å². The summed E-state index contributed by atoms with van der Waals surface area (Å²) in [6.07, 6.45) is 0. The van der Waals surface area contributed by atoms with Gasteiger partial charge >= 0.3 is 43.5 Å². The molecule has 0 unspecified atom stereocenters. The molecule has 0 saturated carbocycles. The van der Waals surface area contributed by atoms with Crippen molar-refractivity contribution in [3.05, 3.63) is 116 Å². The summed E-state index contributed by atoms with van der Waals surface area (Å²) < 4.78 is 67.0. The van der Waals surface area contributed by atoms with E-state index in [2.05, 4.69) is 141 Å². The van der Waals surface area contributed by atoms with Gasteiger partial charge in [-0.05, 0) is 115 Å². The molecule has 3 rings (SSSR count). The van der Waals surface area contributed by atoms with E-state index in [4.69, 9.17) is 46.2 Å². The Kier molecular flexibility index (Phi) is 28.1. The van der Waals surface area contributed by atoms with E-state index in [0.29, 0.717) is 0 Å². The molecule has 0 aliphatic heterocycles. The van der Waals surface area contributed by atoms with Crippen LogP contribution in [0.25, 0.3) is 0 Å². The van der Waals surface area contributed by atoms with Crippen molar-refractivity contribution in [2.45, 2.75) is 112 Å². The summed E-state index contributed by atoms with van der Waals surface area (Å²) in [4.78, 5) is 0. The van der Waals surface area contributed by atoms with Crippen LogP contribution in [0.15, 0.2) is 116 Å². The highest BCUT2D eigenvalue weighted by Gasteiger charge is 2.52. The number of hydrogen-bond donors (Lipinski definition) is 0. The number of hydrogen-bond acceptors (Lipinski definition) is 11. The predicted octanol–water partition coefficient (Wildman–Crippen LogP) is 8.40. The second-order valence-electron chi connectivity index (χ2n) is 17.9. The number of benzene rings is 3. The van der Waals surface area contributed by atoms with Crippen molar-refractivity contribution < 1.29 is 46.2 Å². The summed E-state index contributed by atoms with van der Waals surface area (Å²) in [5.74, 6) is 0. The van der Waals surface area contributed by atoms with Crippen molar-refractivity contribution in [1.82, 2.24) is 0 Å². The average Bonchev–Trinajstić information content (AvgIpc) is 3.19. The third-order valence-corrected chi connectivity index (χ3v) is 42.2. The van der Waals surface area contributed by atoms with E-state index in [-0.39, 0.29) is 7.43 Å². The fraction of sp³-hybridized carbons (Fsp3) is 0.476. The van der Waals surface area contributed by atoms with Crippen molar-refractivity contribution in [1.29, 1.82) is 0 Å². The van der Waals surface area contributed by atoms with Crippen LogP contribution in [0.2, 0.25) is 105 Å². The topological polar surface area (TPSA) is 102 Å². The van der Waals surface area contributed by atoms with Gasteiger partial charge in [0.15, 0.2) is 44.5 Å². The van der Waals surface area contributed by atoms with Crippen LogP contribution in [0.5, 0.6) is 0 Å². The highest BCUT2D eigenvalue weighted by Crippen LogP contribution is 2.26. The Labute approximate surface area is 404 Å². The van der Waals surface area contributed by atoms with Crippen molar-refractivity contribution in [2.24, 2.45) is 0 Å². The maximum Gasteiger partial charge on any atom is 0.669 e. The molecule has 0 N–H and O–H groups in total. The lowest BCUT2D eigenvalue weighted by molar-refractivity contribution is 0.0415. The molecule has 0 heterocycles. The van der Waals surface area contributed by atoms with E-state index < -0.39 is 96.3 Å². The first kappa shape index (κ1) is 63.1. The van der Waals surface area contributed by atoms with Crippen LogP contribution in [-0.2, 0) is 46.2 Å². The summed E-state index contributed by atoms with van der Waals surface area (Å²) in [5.41, 5.74) is 3.94. The van der Waals surface area contributed by atoms with Crippen LogP contribution in [-0.4, -0.2) is 118 Å². The van der Waals surface area contributed by atoms with Crippen LogP contribution in [0, 0.1) is 0 Å². The SMILES string of the molecule is C.C=C[Si](C)(C)O[Si](C)(C)O[Si](O[Si](C)(C)C=C)(c1ccccc1)c1ccccc1.CO[Si](OC)(OC)O[Si](C)(C)O[SiH](C)C.C[SiH](C)O[Si](O[SiH](C)C)(O[SiH](C)C)c1ccccc1. The zero-order chi connectivity index (χ0) is 48.3. The molecule has 3 aromatic carbocycles. The van der Waals surface area contributed by atoms with Gasteiger partial charge in [0.1, 0.15) is 0 Å². The normalized spacial score (nSPS) is 12.9. The van der Waals surface area contributed by atoms with Crippen LogP contribution < -0.4 is 15.6 Å². The van der Waals surface area contributed by atoms with Gasteiger partial charge in [0.05, 0.1) is 0 Å². The Hall–Kier alpha value is -0.914. The fourth-order valence-corrected chi connectivity index (χ4v) is 43.3. The molecule has 64 heavy (non-hydrogen) atoms. The molecule has 364 valence electrons. The summed E-state index contributed by atoms with van der Waals surface area (Å²) in [6, 6.07) is 31.0. The number of rotatable bonds is 24. The minimum atomic E-state index is -3.04. The molecule has 0 aromatic heterocycles. The summed E-state index contributed by atoms with van der Waals surface area (Å²) in [5, 5.41) is 3.31. The molecular weight excluding hydrogens is 989 g/mol. The third-order valence-electron chi connectivity index (χ3n) is 8.54. The second kappa shape index (κ2) is 28.5. The molecule has 0 bridgehead atoms. The van der Waals surface area contributed by atoms with Gasteiger partial charge in [-0.15, -0.1) is 13.2 Å². The second-order valence-corrected chi connectivity index (χ2v) is 52.4. The molecule has 11 nitrogen and oxygen atoms in total. The van der Waals surface area contributed by atoms with Gasteiger partial charge in [0.25, 0.3) is 0 Å². The van der Waals surface area contributed by atoms with Crippen molar-refractivity contribution >= 4 is 112 Å². The lowest BCUT2D eigenvalue weighted by Gasteiger charge is -2.43. The van der Waals surface area contributed by atoms with E-state index in [1.165, 1.54) is 21.3 Å². The van der Waals surface area contributed by atoms with Crippen molar-refractivity contribution in [3.8, 4) is 0 Å². The quantitative estimate of drug-likeness (QED) is 0.0810. The van der Waals surface area contributed by atoms with Gasteiger partial charge in [-0.1, -0.05) is 110 Å².